The topological polar surface area (TPSA) is 72.7 Å². The molecule has 0 atom stereocenters. The van der Waals surface area contributed by atoms with E-state index in [1.807, 2.05) is 18.5 Å². The third kappa shape index (κ3) is 3.57. The van der Waals surface area contributed by atoms with E-state index in [-0.39, 0.29) is 11.3 Å². The number of rotatable bonds is 6. The molecule has 1 aliphatic rings. The van der Waals surface area contributed by atoms with E-state index in [0.29, 0.717) is 12.1 Å². The second-order valence-electron chi connectivity index (χ2n) is 6.51. The molecule has 122 valence electrons. The number of amides is 1. The minimum atomic E-state index is -0.104. The van der Waals surface area contributed by atoms with Gasteiger partial charge in [0.05, 0.1) is 11.3 Å². The molecule has 0 bridgehead atoms. The van der Waals surface area contributed by atoms with Crippen molar-refractivity contribution < 1.29 is 4.79 Å². The van der Waals surface area contributed by atoms with Crippen LogP contribution < -0.4 is 5.32 Å². The molecule has 1 aliphatic carbocycles. The van der Waals surface area contributed by atoms with Crippen LogP contribution in [0.2, 0.25) is 0 Å². The van der Waals surface area contributed by atoms with Crippen molar-refractivity contribution in [2.24, 2.45) is 5.41 Å². The minimum absolute atomic E-state index is 0.104. The van der Waals surface area contributed by atoms with Crippen LogP contribution in [0.5, 0.6) is 0 Å². The molecule has 1 saturated carbocycles. The highest BCUT2D eigenvalue weighted by Gasteiger charge is 2.43. The summed E-state index contributed by atoms with van der Waals surface area (Å²) in [5.41, 5.74) is 2.87. The highest BCUT2D eigenvalue weighted by atomic mass is 16.1. The van der Waals surface area contributed by atoms with Crippen LogP contribution >= 0.6 is 0 Å². The van der Waals surface area contributed by atoms with Gasteiger partial charge in [-0.1, -0.05) is 6.92 Å². The van der Waals surface area contributed by atoms with Crippen LogP contribution in [0.4, 0.5) is 0 Å². The zero-order valence-electron chi connectivity index (χ0n) is 14.0. The molecule has 0 aromatic carbocycles. The lowest BCUT2D eigenvalue weighted by molar-refractivity contribution is 0.0941. The van der Waals surface area contributed by atoms with E-state index in [0.717, 1.165) is 37.3 Å². The second-order valence-corrected chi connectivity index (χ2v) is 6.51. The van der Waals surface area contributed by atoms with Gasteiger partial charge in [0.1, 0.15) is 5.82 Å². The Labute approximate surface area is 136 Å². The first kappa shape index (κ1) is 15.6. The Bertz CT molecular complexity index is 700. The normalized spacial score (nSPS) is 15.4. The second kappa shape index (κ2) is 6.10. The zero-order valence-corrected chi connectivity index (χ0v) is 14.0. The van der Waals surface area contributed by atoms with E-state index in [4.69, 9.17) is 0 Å². The van der Waals surface area contributed by atoms with Crippen molar-refractivity contribution in [3.8, 4) is 0 Å². The van der Waals surface area contributed by atoms with Crippen LogP contribution in [0.3, 0.4) is 0 Å². The average Bonchev–Trinajstić information content (AvgIpc) is 3.24. The van der Waals surface area contributed by atoms with Crippen LogP contribution in [0, 0.1) is 19.3 Å². The van der Waals surface area contributed by atoms with Gasteiger partial charge in [-0.2, -0.15) is 5.10 Å². The van der Waals surface area contributed by atoms with Crippen molar-refractivity contribution in [1.29, 1.82) is 0 Å². The Kier molecular flexibility index (Phi) is 4.15. The molecule has 1 N–H and O–H groups in total. The molecule has 23 heavy (non-hydrogen) atoms. The maximum atomic E-state index is 12.2. The van der Waals surface area contributed by atoms with Crippen molar-refractivity contribution in [2.75, 3.05) is 6.54 Å². The Hall–Kier alpha value is -2.24. The highest BCUT2D eigenvalue weighted by Crippen LogP contribution is 2.46. The van der Waals surface area contributed by atoms with Gasteiger partial charge in [-0.25, -0.2) is 9.97 Å². The van der Waals surface area contributed by atoms with Crippen molar-refractivity contribution in [3.05, 3.63) is 41.2 Å². The van der Waals surface area contributed by atoms with Gasteiger partial charge in [-0.3, -0.25) is 9.48 Å². The maximum absolute atomic E-state index is 12.2. The number of nitrogens with zero attached hydrogens (tertiary/aromatic N) is 4. The smallest absolute Gasteiger partial charge is 0.254 e. The van der Waals surface area contributed by atoms with Gasteiger partial charge < -0.3 is 5.32 Å². The first-order valence-corrected chi connectivity index (χ1v) is 8.11. The first-order valence-electron chi connectivity index (χ1n) is 8.11. The predicted molar refractivity (Wildman–Crippen MR) is 87.1 cm³/mol. The summed E-state index contributed by atoms with van der Waals surface area (Å²) >= 11 is 0. The molecule has 1 fully saturated rings. The van der Waals surface area contributed by atoms with Gasteiger partial charge in [0.2, 0.25) is 0 Å². The van der Waals surface area contributed by atoms with Gasteiger partial charge >= 0.3 is 0 Å². The fourth-order valence-corrected chi connectivity index (χ4v) is 2.74. The molecule has 2 aromatic heterocycles. The van der Waals surface area contributed by atoms with E-state index >= 15 is 0 Å². The molecular weight excluding hydrogens is 290 g/mol. The summed E-state index contributed by atoms with van der Waals surface area (Å²) in [7, 11) is 0. The molecule has 0 radical (unpaired) electrons. The Morgan fingerprint density at radius 2 is 2.00 bits per heavy atom. The standard InChI is InChI=1S/C17H23N5O/c1-4-15-18-8-14(9-19-15)16(23)20-10-17(5-6-17)11-22-13(3)7-12(2)21-22/h7-9H,4-6,10-11H2,1-3H3,(H,20,23). The number of carbonyl (C=O) groups is 1. The quantitative estimate of drug-likeness (QED) is 0.886. The van der Waals surface area contributed by atoms with Gasteiger partial charge in [-0.15, -0.1) is 0 Å². The summed E-state index contributed by atoms with van der Waals surface area (Å²) in [6.07, 6.45) is 6.21. The van der Waals surface area contributed by atoms with Crippen molar-refractivity contribution >= 4 is 5.91 Å². The Morgan fingerprint density at radius 1 is 1.30 bits per heavy atom. The van der Waals surface area contributed by atoms with Crippen molar-refractivity contribution in [3.63, 3.8) is 0 Å². The average molecular weight is 313 g/mol. The number of aryl methyl sites for hydroxylation is 3. The van der Waals surface area contributed by atoms with E-state index in [9.17, 15) is 4.79 Å². The summed E-state index contributed by atoms with van der Waals surface area (Å²) in [6.45, 7) is 7.59. The minimum Gasteiger partial charge on any atom is -0.351 e. The Morgan fingerprint density at radius 3 is 2.52 bits per heavy atom. The molecule has 2 heterocycles. The summed E-state index contributed by atoms with van der Waals surface area (Å²) in [4.78, 5) is 20.6. The molecule has 0 aliphatic heterocycles. The largest absolute Gasteiger partial charge is 0.351 e. The monoisotopic (exact) mass is 313 g/mol. The molecule has 6 heteroatoms. The van der Waals surface area contributed by atoms with E-state index < -0.39 is 0 Å². The van der Waals surface area contributed by atoms with Crippen LogP contribution in [0.25, 0.3) is 0 Å². The van der Waals surface area contributed by atoms with E-state index in [2.05, 4.69) is 33.4 Å². The van der Waals surface area contributed by atoms with E-state index in [1.54, 1.807) is 12.4 Å². The zero-order chi connectivity index (χ0) is 16.4. The SMILES string of the molecule is CCc1ncc(C(=O)NCC2(Cn3nc(C)cc3C)CC2)cn1. The number of hydrogen-bond acceptors (Lipinski definition) is 4. The first-order chi connectivity index (χ1) is 11.0. The number of carbonyl (C=O) groups excluding carboxylic acids is 1. The van der Waals surface area contributed by atoms with Crippen molar-refractivity contribution in [1.82, 2.24) is 25.1 Å². The molecule has 1 amide bonds. The van der Waals surface area contributed by atoms with Crippen LogP contribution in [-0.4, -0.2) is 32.2 Å². The Balaban J connectivity index is 1.58. The van der Waals surface area contributed by atoms with Gasteiger partial charge in [0.15, 0.2) is 0 Å². The maximum Gasteiger partial charge on any atom is 0.254 e. The summed E-state index contributed by atoms with van der Waals surface area (Å²) in [5.74, 6) is 0.650. The molecule has 0 spiro atoms. The fourth-order valence-electron chi connectivity index (χ4n) is 2.74. The highest BCUT2D eigenvalue weighted by molar-refractivity contribution is 5.93. The molecular formula is C17H23N5O. The molecule has 3 rings (SSSR count). The van der Waals surface area contributed by atoms with Gasteiger partial charge in [-0.05, 0) is 32.8 Å². The summed E-state index contributed by atoms with van der Waals surface area (Å²) in [5, 5.41) is 7.55. The fraction of sp³-hybridized carbons (Fsp3) is 0.529. The molecule has 2 aromatic rings. The summed E-state index contributed by atoms with van der Waals surface area (Å²) in [6, 6.07) is 2.08. The van der Waals surface area contributed by atoms with Crippen molar-refractivity contribution in [2.45, 2.75) is 46.6 Å². The molecule has 0 saturated heterocycles. The number of aromatic nitrogens is 4. The lowest BCUT2D eigenvalue weighted by Crippen LogP contribution is -2.33. The van der Waals surface area contributed by atoms with Crippen LogP contribution in [-0.2, 0) is 13.0 Å². The molecule has 6 nitrogen and oxygen atoms in total. The molecule has 0 unspecified atom stereocenters. The lowest BCUT2D eigenvalue weighted by atomic mass is 10.1. The van der Waals surface area contributed by atoms with E-state index in [1.165, 1.54) is 5.69 Å². The summed E-state index contributed by atoms with van der Waals surface area (Å²) < 4.78 is 2.05. The third-order valence-electron chi connectivity index (χ3n) is 4.45. The van der Waals surface area contributed by atoms with Gasteiger partial charge in [0.25, 0.3) is 5.91 Å². The number of nitrogens with one attached hydrogen (secondary N) is 1. The van der Waals surface area contributed by atoms with Crippen LogP contribution in [0.1, 0.15) is 47.3 Å². The predicted octanol–water partition coefficient (Wildman–Crippen LogP) is 2.06. The van der Waals surface area contributed by atoms with Gasteiger partial charge in [0, 0.05) is 43.0 Å². The number of hydrogen-bond donors (Lipinski definition) is 1. The lowest BCUT2D eigenvalue weighted by Gasteiger charge is -2.17. The third-order valence-corrected chi connectivity index (χ3v) is 4.45. The van der Waals surface area contributed by atoms with Crippen LogP contribution in [0.15, 0.2) is 18.5 Å².